The minimum Gasteiger partial charge on any atom is -0.307 e. The molecular weight excluding hydrogens is 570 g/mol. The Morgan fingerprint density at radius 1 is 0.522 bits per heavy atom. The molecule has 0 N–H and O–H groups in total. The van der Waals surface area contributed by atoms with Gasteiger partial charge in [0.25, 0.3) is 0 Å². The molecule has 234 valence electrons. The van der Waals surface area contributed by atoms with Crippen LogP contribution in [-0.4, -0.2) is 43.3 Å². The second kappa shape index (κ2) is 15.5. The Labute approximate surface area is 269 Å². The first-order valence-electron chi connectivity index (χ1n) is 15.9. The smallest absolute Gasteiger partial charge is 0.160 e. The van der Waals surface area contributed by atoms with E-state index in [9.17, 15) is 0 Å². The highest BCUT2D eigenvalue weighted by Gasteiger charge is 2.01. The summed E-state index contributed by atoms with van der Waals surface area (Å²) in [6, 6.07) is 26.0. The molecule has 0 bridgehead atoms. The summed E-state index contributed by atoms with van der Waals surface area (Å²) in [4.78, 5) is 17.5. The second-order valence-corrected chi connectivity index (χ2v) is 10.6. The summed E-state index contributed by atoms with van der Waals surface area (Å²) in [5.41, 5.74) is 9.61. The van der Waals surface area contributed by atoms with Crippen molar-refractivity contribution in [2.24, 2.45) is 0 Å². The molecular formula is C37H41N9. The van der Waals surface area contributed by atoms with Crippen molar-refractivity contribution in [2.75, 3.05) is 0 Å². The zero-order chi connectivity index (χ0) is 32.3. The Kier molecular flexibility index (Phi) is 10.8. The van der Waals surface area contributed by atoms with Crippen LogP contribution in [0.1, 0.15) is 56.3 Å². The summed E-state index contributed by atoms with van der Waals surface area (Å²) in [7, 11) is 0. The van der Waals surface area contributed by atoms with Gasteiger partial charge >= 0.3 is 0 Å². The lowest BCUT2D eigenvalue weighted by Crippen LogP contribution is -1.90. The number of hydrogen-bond donors (Lipinski definition) is 0. The molecule has 8 heterocycles. The Balaban J connectivity index is 0.000000121. The lowest BCUT2D eigenvalue weighted by Gasteiger charge is -1.97. The monoisotopic (exact) mass is 611 g/mol. The number of aryl methyl sites for hydroxylation is 5. The minimum atomic E-state index is 0.921. The summed E-state index contributed by atoms with van der Waals surface area (Å²) < 4.78 is 6.16. The number of nitrogens with zero attached hydrogens (tertiary/aromatic N) is 9. The molecule has 0 aliphatic carbocycles. The average Bonchev–Trinajstić information content (AvgIpc) is 3.86. The summed E-state index contributed by atoms with van der Waals surface area (Å²) >= 11 is 0. The van der Waals surface area contributed by atoms with Gasteiger partial charge < -0.3 is 8.80 Å². The molecule has 0 spiro atoms. The second-order valence-electron chi connectivity index (χ2n) is 10.6. The van der Waals surface area contributed by atoms with Gasteiger partial charge in [-0.3, -0.25) is 14.4 Å². The zero-order valence-corrected chi connectivity index (χ0v) is 27.2. The molecule has 0 radical (unpaired) electrons. The van der Waals surface area contributed by atoms with Gasteiger partial charge in [-0.15, -0.1) is 10.2 Å². The van der Waals surface area contributed by atoms with Crippen LogP contribution < -0.4 is 0 Å². The SMILES string of the molecule is CCc1ccc2ncccc2n1.CCc1cn2c(C)cccc2n1.CCc1cn2ccccc2n1.CCc1nnc2ccccn12. The van der Waals surface area contributed by atoms with Crippen molar-refractivity contribution < 1.29 is 0 Å². The predicted octanol–water partition coefficient (Wildman–Crippen LogP) is 7.59. The molecule has 8 aromatic heterocycles. The van der Waals surface area contributed by atoms with Crippen LogP contribution in [0.4, 0.5) is 0 Å². The Morgan fingerprint density at radius 3 is 1.98 bits per heavy atom. The van der Waals surface area contributed by atoms with Gasteiger partial charge in [0.2, 0.25) is 0 Å². The molecule has 46 heavy (non-hydrogen) atoms. The third kappa shape index (κ3) is 7.79. The highest BCUT2D eigenvalue weighted by atomic mass is 15.2. The van der Waals surface area contributed by atoms with Crippen LogP contribution in [0.25, 0.3) is 28.0 Å². The fourth-order valence-corrected chi connectivity index (χ4v) is 4.85. The maximum atomic E-state index is 4.46. The molecule has 8 rings (SSSR count). The summed E-state index contributed by atoms with van der Waals surface area (Å²) in [5, 5.41) is 8.03. The lowest BCUT2D eigenvalue weighted by molar-refractivity contribution is 0.909. The first kappa shape index (κ1) is 32.0. The van der Waals surface area contributed by atoms with Crippen molar-refractivity contribution >= 4 is 28.0 Å². The molecule has 0 amide bonds. The number of pyridine rings is 5. The molecule has 0 unspecified atom stereocenters. The fourth-order valence-electron chi connectivity index (χ4n) is 4.85. The molecule has 9 nitrogen and oxygen atoms in total. The van der Waals surface area contributed by atoms with E-state index in [0.717, 1.165) is 76.6 Å². The quantitative estimate of drug-likeness (QED) is 0.204. The Bertz CT molecular complexity index is 2100. The molecule has 8 aromatic rings. The van der Waals surface area contributed by atoms with E-state index in [-0.39, 0.29) is 0 Å². The van der Waals surface area contributed by atoms with Crippen LogP contribution in [0.15, 0.2) is 110 Å². The first-order chi connectivity index (χ1) is 22.5. The number of aromatic nitrogens is 9. The van der Waals surface area contributed by atoms with E-state index in [0.29, 0.717) is 0 Å². The van der Waals surface area contributed by atoms with E-state index >= 15 is 0 Å². The van der Waals surface area contributed by atoms with E-state index in [4.69, 9.17) is 0 Å². The van der Waals surface area contributed by atoms with Gasteiger partial charge in [-0.1, -0.05) is 45.9 Å². The van der Waals surface area contributed by atoms with E-state index < -0.39 is 0 Å². The van der Waals surface area contributed by atoms with Crippen molar-refractivity contribution in [3.05, 3.63) is 138 Å². The molecule has 0 aromatic carbocycles. The van der Waals surface area contributed by atoms with Gasteiger partial charge in [0, 0.05) is 48.8 Å². The molecule has 0 saturated carbocycles. The standard InChI is InChI=1S/C10H12N2.C10H10N2.C9H10N2.C8H9N3/c1-3-9-7-12-8(2)5-4-6-10(12)11-9;1-2-8-5-6-9-10(12-8)4-3-7-11-9;1-2-8-7-11-6-4-3-5-9(11)10-8;1-2-7-9-10-8-5-3-4-6-11(7)8/h4-7H,3H2,1-2H3;3-7H,2H2,1H3;3-7H,2H2,1H3;3-6H,2H2,1H3. The van der Waals surface area contributed by atoms with Crippen LogP contribution in [0, 0.1) is 6.92 Å². The number of fused-ring (bicyclic) bond motifs is 4. The van der Waals surface area contributed by atoms with Crippen molar-refractivity contribution in [3.8, 4) is 0 Å². The van der Waals surface area contributed by atoms with Crippen LogP contribution in [0.2, 0.25) is 0 Å². The lowest BCUT2D eigenvalue weighted by atomic mass is 10.2. The van der Waals surface area contributed by atoms with E-state index in [1.165, 1.54) is 5.69 Å². The maximum absolute atomic E-state index is 4.46. The molecule has 0 aliphatic rings. The average molecular weight is 612 g/mol. The van der Waals surface area contributed by atoms with Gasteiger partial charge in [0.05, 0.1) is 22.4 Å². The predicted molar refractivity (Wildman–Crippen MR) is 185 cm³/mol. The van der Waals surface area contributed by atoms with Crippen LogP contribution in [0.5, 0.6) is 0 Å². The first-order valence-corrected chi connectivity index (χ1v) is 15.9. The topological polar surface area (TPSA) is 90.6 Å². The highest BCUT2D eigenvalue weighted by Crippen LogP contribution is 2.10. The van der Waals surface area contributed by atoms with Crippen LogP contribution >= 0.6 is 0 Å². The summed E-state index contributed by atoms with van der Waals surface area (Å²) in [5.74, 6) is 1.01. The normalized spacial score (nSPS) is 10.6. The number of hydrogen-bond acceptors (Lipinski definition) is 6. The van der Waals surface area contributed by atoms with Crippen molar-refractivity contribution in [3.63, 3.8) is 0 Å². The van der Waals surface area contributed by atoms with Crippen molar-refractivity contribution in [2.45, 2.75) is 60.3 Å². The summed E-state index contributed by atoms with van der Waals surface area (Å²) in [6.07, 6.45) is 13.9. The molecule has 9 heteroatoms. The van der Waals surface area contributed by atoms with Crippen molar-refractivity contribution in [1.29, 1.82) is 0 Å². The van der Waals surface area contributed by atoms with Gasteiger partial charge in [-0.05, 0) is 86.8 Å². The van der Waals surface area contributed by atoms with Gasteiger partial charge in [0.1, 0.15) is 17.1 Å². The third-order valence-corrected chi connectivity index (χ3v) is 7.46. The zero-order valence-electron chi connectivity index (χ0n) is 27.2. The van der Waals surface area contributed by atoms with Gasteiger partial charge in [0.15, 0.2) is 5.65 Å². The molecule has 0 atom stereocenters. The van der Waals surface area contributed by atoms with E-state index in [2.05, 4.69) is 87.6 Å². The highest BCUT2D eigenvalue weighted by molar-refractivity contribution is 5.73. The van der Waals surface area contributed by atoms with Crippen LogP contribution in [0.3, 0.4) is 0 Å². The van der Waals surface area contributed by atoms with Crippen molar-refractivity contribution in [1.82, 2.24) is 43.3 Å². The number of rotatable bonds is 4. The summed E-state index contributed by atoms with van der Waals surface area (Å²) in [6.45, 7) is 10.5. The van der Waals surface area contributed by atoms with E-state index in [1.54, 1.807) is 6.20 Å². The fraction of sp³-hybridized carbons (Fsp3) is 0.243. The third-order valence-electron chi connectivity index (χ3n) is 7.46. The maximum Gasteiger partial charge on any atom is 0.160 e. The minimum absolute atomic E-state index is 0.921. The molecule has 0 aliphatic heterocycles. The van der Waals surface area contributed by atoms with Gasteiger partial charge in [-0.25, -0.2) is 9.97 Å². The molecule has 0 saturated heterocycles. The Morgan fingerprint density at radius 2 is 1.24 bits per heavy atom. The number of imidazole rings is 2. The van der Waals surface area contributed by atoms with Gasteiger partial charge in [-0.2, -0.15) is 0 Å². The van der Waals surface area contributed by atoms with E-state index in [1.807, 2.05) is 94.0 Å². The van der Waals surface area contributed by atoms with Crippen LogP contribution in [-0.2, 0) is 25.7 Å². The Hall–Kier alpha value is -5.44. The molecule has 0 fully saturated rings. The largest absolute Gasteiger partial charge is 0.307 e.